The van der Waals surface area contributed by atoms with Crippen LogP contribution in [0.5, 0.6) is 0 Å². The number of anilines is 1. The van der Waals surface area contributed by atoms with Crippen molar-refractivity contribution < 1.29 is 4.79 Å². The number of nitrogens with zero attached hydrogens (tertiary/aromatic N) is 1. The highest BCUT2D eigenvalue weighted by Gasteiger charge is 2.65. The summed E-state index contributed by atoms with van der Waals surface area (Å²) < 4.78 is 0. The lowest BCUT2D eigenvalue weighted by molar-refractivity contribution is 0.0943. The molecule has 19 heavy (non-hydrogen) atoms. The third kappa shape index (κ3) is 2.29. The van der Waals surface area contributed by atoms with Crippen molar-refractivity contribution in [1.82, 2.24) is 10.3 Å². The minimum Gasteiger partial charge on any atom is -0.373 e. The Morgan fingerprint density at radius 1 is 1.26 bits per heavy atom. The maximum Gasteiger partial charge on any atom is 0.251 e. The van der Waals surface area contributed by atoms with Gasteiger partial charge < -0.3 is 10.6 Å². The lowest BCUT2D eigenvalue weighted by Crippen LogP contribution is -2.29. The first-order valence-corrected chi connectivity index (χ1v) is 6.74. The molecule has 0 spiro atoms. The van der Waals surface area contributed by atoms with Crippen molar-refractivity contribution in [2.24, 2.45) is 10.8 Å². The van der Waals surface area contributed by atoms with Crippen molar-refractivity contribution in [3.63, 3.8) is 0 Å². The summed E-state index contributed by atoms with van der Waals surface area (Å²) in [5.41, 5.74) is 0.763. The van der Waals surface area contributed by atoms with Gasteiger partial charge in [0.05, 0.1) is 0 Å². The van der Waals surface area contributed by atoms with Crippen LogP contribution in [-0.2, 0) is 0 Å². The lowest BCUT2D eigenvalue weighted by Gasteiger charge is -2.08. The summed E-state index contributed by atoms with van der Waals surface area (Å²) in [6.45, 7) is 8.65. The summed E-state index contributed by atoms with van der Waals surface area (Å²) in [7, 11) is 1.74. The predicted molar refractivity (Wildman–Crippen MR) is 77.6 cm³/mol. The molecule has 2 N–H and O–H groups in total. The molecule has 4 nitrogen and oxygen atoms in total. The second kappa shape index (κ2) is 4.37. The maximum absolute atomic E-state index is 12.3. The van der Waals surface area contributed by atoms with Gasteiger partial charge in [0.2, 0.25) is 0 Å². The van der Waals surface area contributed by atoms with E-state index >= 15 is 0 Å². The molecule has 0 radical (unpaired) electrons. The van der Waals surface area contributed by atoms with Gasteiger partial charge in [0, 0.05) is 18.7 Å². The zero-order chi connectivity index (χ0) is 14.4. The SMILES string of the molecule is CNc1cc(C(=O)NC2C(C)(C)C2(C)C)cc(Cl)n1. The number of halogens is 1. The van der Waals surface area contributed by atoms with E-state index in [1.165, 1.54) is 0 Å². The van der Waals surface area contributed by atoms with Crippen LogP contribution >= 0.6 is 11.6 Å². The summed E-state index contributed by atoms with van der Waals surface area (Å²) in [5, 5.41) is 6.28. The molecule has 0 bridgehead atoms. The van der Waals surface area contributed by atoms with Gasteiger partial charge in [-0.3, -0.25) is 4.79 Å². The van der Waals surface area contributed by atoms with Crippen LogP contribution in [0, 0.1) is 10.8 Å². The van der Waals surface area contributed by atoms with Crippen LogP contribution in [0.2, 0.25) is 5.15 Å². The van der Waals surface area contributed by atoms with E-state index in [-0.39, 0.29) is 22.8 Å². The van der Waals surface area contributed by atoms with E-state index in [4.69, 9.17) is 11.6 Å². The molecule has 104 valence electrons. The number of rotatable bonds is 3. The van der Waals surface area contributed by atoms with E-state index in [9.17, 15) is 4.79 Å². The van der Waals surface area contributed by atoms with Gasteiger partial charge in [-0.2, -0.15) is 0 Å². The van der Waals surface area contributed by atoms with E-state index < -0.39 is 0 Å². The smallest absolute Gasteiger partial charge is 0.251 e. The molecule has 0 atom stereocenters. The van der Waals surface area contributed by atoms with Gasteiger partial charge in [0.1, 0.15) is 11.0 Å². The van der Waals surface area contributed by atoms with Crippen molar-refractivity contribution in [2.45, 2.75) is 33.7 Å². The molecule has 5 heteroatoms. The average Bonchev–Trinajstić information content (AvgIpc) is 2.70. The average molecular weight is 282 g/mol. The second-order valence-corrected chi connectivity index (χ2v) is 6.55. The fraction of sp³-hybridized carbons (Fsp3) is 0.571. The highest BCUT2D eigenvalue weighted by atomic mass is 35.5. The van der Waals surface area contributed by atoms with Crippen LogP contribution < -0.4 is 10.6 Å². The third-order valence-corrected chi connectivity index (χ3v) is 4.80. The molecule has 0 aliphatic heterocycles. The Kier molecular flexibility index (Phi) is 3.25. The van der Waals surface area contributed by atoms with E-state index in [0.29, 0.717) is 16.5 Å². The third-order valence-electron chi connectivity index (χ3n) is 4.61. The summed E-state index contributed by atoms with van der Waals surface area (Å²) in [5.74, 6) is 0.483. The molecule has 2 rings (SSSR count). The first-order chi connectivity index (χ1) is 8.70. The number of carbonyl (C=O) groups is 1. The van der Waals surface area contributed by atoms with Crippen molar-refractivity contribution in [2.75, 3.05) is 12.4 Å². The lowest BCUT2D eigenvalue weighted by atomic mass is 10.0. The normalized spacial score (nSPS) is 19.9. The quantitative estimate of drug-likeness (QED) is 0.838. The van der Waals surface area contributed by atoms with Gasteiger partial charge in [0.15, 0.2) is 0 Å². The number of hydrogen-bond donors (Lipinski definition) is 2. The first-order valence-electron chi connectivity index (χ1n) is 6.36. The van der Waals surface area contributed by atoms with Crippen molar-refractivity contribution >= 4 is 23.3 Å². The Morgan fingerprint density at radius 3 is 2.32 bits per heavy atom. The van der Waals surface area contributed by atoms with Gasteiger partial charge in [-0.15, -0.1) is 0 Å². The van der Waals surface area contributed by atoms with Crippen LogP contribution in [0.25, 0.3) is 0 Å². The topological polar surface area (TPSA) is 54.0 Å². The first kappa shape index (κ1) is 14.1. The molecule has 1 aromatic heterocycles. The molecule has 1 aliphatic carbocycles. The van der Waals surface area contributed by atoms with Gasteiger partial charge >= 0.3 is 0 Å². The van der Waals surface area contributed by atoms with Crippen LogP contribution in [0.1, 0.15) is 38.1 Å². The molecule has 1 fully saturated rings. The Morgan fingerprint density at radius 2 is 1.84 bits per heavy atom. The Balaban J connectivity index is 2.16. The van der Waals surface area contributed by atoms with Crippen molar-refractivity contribution in [3.8, 4) is 0 Å². The van der Waals surface area contributed by atoms with Crippen LogP contribution in [0.4, 0.5) is 5.82 Å². The highest BCUT2D eigenvalue weighted by Crippen LogP contribution is 2.62. The molecule has 1 aliphatic rings. The Labute approximate surface area is 118 Å². The zero-order valence-corrected chi connectivity index (χ0v) is 12.7. The second-order valence-electron chi connectivity index (χ2n) is 6.16. The molecule has 0 aromatic carbocycles. The monoisotopic (exact) mass is 281 g/mol. The molecule has 1 saturated carbocycles. The zero-order valence-electron chi connectivity index (χ0n) is 12.0. The van der Waals surface area contributed by atoms with Gasteiger partial charge in [-0.1, -0.05) is 39.3 Å². The number of amides is 1. The number of aromatic nitrogens is 1. The van der Waals surface area contributed by atoms with E-state index in [1.54, 1.807) is 19.2 Å². The van der Waals surface area contributed by atoms with Gasteiger partial charge in [-0.25, -0.2) is 4.98 Å². The fourth-order valence-corrected chi connectivity index (χ4v) is 2.74. The van der Waals surface area contributed by atoms with Gasteiger partial charge in [-0.05, 0) is 23.0 Å². The van der Waals surface area contributed by atoms with Crippen molar-refractivity contribution in [1.29, 1.82) is 0 Å². The largest absolute Gasteiger partial charge is 0.373 e. The van der Waals surface area contributed by atoms with Crippen LogP contribution in [0.3, 0.4) is 0 Å². The summed E-state index contributed by atoms with van der Waals surface area (Å²) in [6, 6.07) is 3.46. The Hall–Kier alpha value is -1.29. The van der Waals surface area contributed by atoms with E-state index in [0.717, 1.165) is 0 Å². The summed E-state index contributed by atoms with van der Waals surface area (Å²) >= 11 is 5.91. The molecular formula is C14H20ClN3O. The molecule has 0 saturated heterocycles. The maximum atomic E-state index is 12.3. The van der Waals surface area contributed by atoms with Crippen LogP contribution in [0.15, 0.2) is 12.1 Å². The molecular weight excluding hydrogens is 262 g/mol. The minimum absolute atomic E-state index is 0.107. The van der Waals surface area contributed by atoms with E-state index in [1.807, 2.05) is 0 Å². The Bertz CT molecular complexity index is 511. The van der Waals surface area contributed by atoms with Gasteiger partial charge in [0.25, 0.3) is 5.91 Å². The predicted octanol–water partition coefficient (Wildman–Crippen LogP) is 2.94. The number of hydrogen-bond acceptors (Lipinski definition) is 3. The van der Waals surface area contributed by atoms with E-state index in [2.05, 4.69) is 43.3 Å². The molecule has 0 unspecified atom stereocenters. The summed E-state index contributed by atoms with van der Waals surface area (Å²) in [6.07, 6.45) is 0. The summed E-state index contributed by atoms with van der Waals surface area (Å²) in [4.78, 5) is 16.3. The number of carbonyl (C=O) groups excluding carboxylic acids is 1. The highest BCUT2D eigenvalue weighted by molar-refractivity contribution is 6.29. The molecule has 1 aromatic rings. The van der Waals surface area contributed by atoms with Crippen LogP contribution in [-0.4, -0.2) is 24.0 Å². The number of nitrogens with one attached hydrogen (secondary N) is 2. The minimum atomic E-state index is -0.107. The standard InChI is InChI=1S/C14H20ClN3O/c1-13(2)12(14(13,3)4)18-11(19)8-6-9(15)17-10(7-8)16-5/h6-7,12H,1-5H3,(H,16,17)(H,18,19). The fourth-order valence-electron chi connectivity index (χ4n) is 2.53. The molecule has 1 amide bonds. The molecule has 1 heterocycles. The number of pyridine rings is 1. The van der Waals surface area contributed by atoms with Crippen molar-refractivity contribution in [3.05, 3.63) is 22.8 Å².